The Bertz CT molecular complexity index is 194. The summed E-state index contributed by atoms with van der Waals surface area (Å²) in [6, 6.07) is 0. The first-order valence-corrected chi connectivity index (χ1v) is 3.02. The van der Waals surface area contributed by atoms with Crippen molar-refractivity contribution < 1.29 is 24.5 Å². The zero-order valence-electron chi connectivity index (χ0n) is 6.56. The molecule has 5 nitrogen and oxygen atoms in total. The summed E-state index contributed by atoms with van der Waals surface area (Å²) in [5.74, 6) is -3.11. The van der Waals surface area contributed by atoms with Crippen molar-refractivity contribution in [1.82, 2.24) is 0 Å². The fourth-order valence-corrected chi connectivity index (χ4v) is 0.306. The largest absolute Gasteiger partial charge is 0.431 e. The van der Waals surface area contributed by atoms with E-state index in [1.54, 1.807) is 0 Å². The van der Waals surface area contributed by atoms with Gasteiger partial charge in [-0.2, -0.15) is 0 Å². The van der Waals surface area contributed by atoms with Crippen molar-refractivity contribution in [3.8, 4) is 0 Å². The summed E-state index contributed by atoms with van der Waals surface area (Å²) >= 11 is 0. The van der Waals surface area contributed by atoms with E-state index in [1.165, 1.54) is 0 Å². The highest BCUT2D eigenvalue weighted by atomic mass is 16.8. The number of ether oxygens (including phenoxy) is 2. The second-order valence-corrected chi connectivity index (χ2v) is 1.81. The third kappa shape index (κ3) is 4.62. The standard InChI is InChI=1S/C7H10O5/c1-3-6(8)12-5-4-7(9,10)11-2/h3-5,9-10H,1H2,2H3. The predicted molar refractivity (Wildman–Crippen MR) is 39.6 cm³/mol. The van der Waals surface area contributed by atoms with Crippen LogP contribution < -0.4 is 0 Å². The van der Waals surface area contributed by atoms with Gasteiger partial charge in [0.15, 0.2) is 0 Å². The minimum Gasteiger partial charge on any atom is -0.431 e. The van der Waals surface area contributed by atoms with E-state index < -0.39 is 11.9 Å². The van der Waals surface area contributed by atoms with Crippen LogP contribution in [0.5, 0.6) is 0 Å². The van der Waals surface area contributed by atoms with Crippen LogP contribution in [0.1, 0.15) is 0 Å². The fourth-order valence-electron chi connectivity index (χ4n) is 0.306. The van der Waals surface area contributed by atoms with Gasteiger partial charge in [0.05, 0.1) is 6.26 Å². The molecule has 0 aromatic heterocycles. The molecule has 0 bridgehead atoms. The molecule has 0 spiro atoms. The Morgan fingerprint density at radius 1 is 1.58 bits per heavy atom. The maximum Gasteiger partial charge on any atom is 0.334 e. The highest BCUT2D eigenvalue weighted by Gasteiger charge is 2.16. The van der Waals surface area contributed by atoms with E-state index >= 15 is 0 Å². The molecule has 0 heterocycles. The monoisotopic (exact) mass is 174 g/mol. The van der Waals surface area contributed by atoms with Crippen LogP contribution in [0.3, 0.4) is 0 Å². The van der Waals surface area contributed by atoms with Crippen molar-refractivity contribution in [2.24, 2.45) is 0 Å². The third-order valence-electron chi connectivity index (χ3n) is 0.936. The van der Waals surface area contributed by atoms with E-state index in [0.717, 1.165) is 25.5 Å². The molecule has 0 saturated carbocycles. The lowest BCUT2D eigenvalue weighted by Gasteiger charge is -2.12. The molecule has 68 valence electrons. The molecule has 12 heavy (non-hydrogen) atoms. The van der Waals surface area contributed by atoms with E-state index in [1.807, 2.05) is 0 Å². The van der Waals surface area contributed by atoms with E-state index in [-0.39, 0.29) is 0 Å². The fraction of sp³-hybridized carbons (Fsp3) is 0.286. The number of carbonyl (C=O) groups excluding carboxylic acids is 1. The summed E-state index contributed by atoms with van der Waals surface area (Å²) < 4.78 is 8.45. The highest BCUT2D eigenvalue weighted by Crippen LogP contribution is 2.01. The molecular formula is C7H10O5. The van der Waals surface area contributed by atoms with Crippen molar-refractivity contribution in [3.63, 3.8) is 0 Å². The van der Waals surface area contributed by atoms with Crippen molar-refractivity contribution in [2.45, 2.75) is 5.97 Å². The number of carbonyl (C=O) groups is 1. The quantitative estimate of drug-likeness (QED) is 0.260. The van der Waals surface area contributed by atoms with Gasteiger partial charge < -0.3 is 19.7 Å². The number of esters is 1. The number of aliphatic hydroxyl groups is 2. The smallest absolute Gasteiger partial charge is 0.334 e. The lowest BCUT2D eigenvalue weighted by molar-refractivity contribution is -0.290. The zero-order chi connectivity index (χ0) is 9.61. The molecular weight excluding hydrogens is 164 g/mol. The van der Waals surface area contributed by atoms with Gasteiger partial charge in [-0.1, -0.05) is 6.58 Å². The molecule has 0 radical (unpaired) electrons. The predicted octanol–water partition coefficient (Wildman–Crippen LogP) is -0.486. The molecule has 0 aliphatic carbocycles. The van der Waals surface area contributed by atoms with Gasteiger partial charge in [-0.3, -0.25) is 0 Å². The molecule has 0 fully saturated rings. The summed E-state index contributed by atoms with van der Waals surface area (Å²) in [6.45, 7) is 3.13. The van der Waals surface area contributed by atoms with Gasteiger partial charge in [0, 0.05) is 19.3 Å². The first-order valence-electron chi connectivity index (χ1n) is 3.02. The van der Waals surface area contributed by atoms with Crippen LogP contribution in [-0.2, 0) is 14.3 Å². The van der Waals surface area contributed by atoms with E-state index in [2.05, 4.69) is 16.1 Å². The summed E-state index contributed by atoms with van der Waals surface area (Å²) in [4.78, 5) is 10.4. The van der Waals surface area contributed by atoms with Crippen LogP contribution in [-0.4, -0.2) is 29.3 Å². The lowest BCUT2D eigenvalue weighted by Crippen LogP contribution is -2.27. The molecule has 0 rings (SSSR count). The zero-order valence-corrected chi connectivity index (χ0v) is 6.56. The Morgan fingerprint density at radius 2 is 2.17 bits per heavy atom. The van der Waals surface area contributed by atoms with Crippen LogP contribution in [0, 0.1) is 0 Å². The van der Waals surface area contributed by atoms with Crippen LogP contribution in [0.4, 0.5) is 0 Å². The van der Waals surface area contributed by atoms with Gasteiger partial charge in [-0.15, -0.1) is 0 Å². The van der Waals surface area contributed by atoms with E-state index in [0.29, 0.717) is 0 Å². The highest BCUT2D eigenvalue weighted by molar-refractivity contribution is 5.81. The molecule has 2 N–H and O–H groups in total. The lowest BCUT2D eigenvalue weighted by atomic mass is 10.5. The molecule has 0 unspecified atom stereocenters. The van der Waals surface area contributed by atoms with E-state index in [9.17, 15) is 4.79 Å². The van der Waals surface area contributed by atoms with Gasteiger partial charge in [-0.25, -0.2) is 4.79 Å². The third-order valence-corrected chi connectivity index (χ3v) is 0.936. The summed E-state index contributed by atoms with van der Waals surface area (Å²) in [6.07, 6.45) is 2.50. The molecule has 0 aliphatic rings. The van der Waals surface area contributed by atoms with Gasteiger partial charge in [0.1, 0.15) is 0 Å². The first kappa shape index (κ1) is 10.8. The molecule has 0 aromatic rings. The molecule has 0 aliphatic heterocycles. The SMILES string of the molecule is C=CC(=O)OC=CC(O)(O)OC. The Morgan fingerprint density at radius 3 is 2.58 bits per heavy atom. The maximum atomic E-state index is 10.4. The van der Waals surface area contributed by atoms with Crippen molar-refractivity contribution in [3.05, 3.63) is 25.0 Å². The van der Waals surface area contributed by atoms with Gasteiger partial charge >= 0.3 is 11.9 Å². The van der Waals surface area contributed by atoms with Gasteiger partial charge in [0.25, 0.3) is 0 Å². The van der Waals surface area contributed by atoms with Crippen molar-refractivity contribution in [1.29, 1.82) is 0 Å². The minimum absolute atomic E-state index is 0.696. The second kappa shape index (κ2) is 4.66. The first-order chi connectivity index (χ1) is 5.52. The topological polar surface area (TPSA) is 76.0 Å². The molecule has 0 aromatic carbocycles. The number of methoxy groups -OCH3 is 1. The molecule has 5 heteroatoms. The van der Waals surface area contributed by atoms with Crippen LogP contribution in [0.15, 0.2) is 25.0 Å². The number of hydrogen-bond donors (Lipinski definition) is 2. The average molecular weight is 174 g/mol. The van der Waals surface area contributed by atoms with Crippen LogP contribution in [0.25, 0.3) is 0 Å². The van der Waals surface area contributed by atoms with Crippen molar-refractivity contribution >= 4 is 5.97 Å². The normalized spacial score (nSPS) is 11.6. The second-order valence-electron chi connectivity index (χ2n) is 1.81. The average Bonchev–Trinajstić information content (AvgIpc) is 2.04. The Balaban J connectivity index is 3.91. The Labute approximate surface area is 69.5 Å². The molecule has 0 amide bonds. The van der Waals surface area contributed by atoms with E-state index in [4.69, 9.17) is 10.2 Å². The number of hydrogen-bond acceptors (Lipinski definition) is 5. The molecule has 0 saturated heterocycles. The number of rotatable bonds is 4. The van der Waals surface area contributed by atoms with Gasteiger partial charge in [-0.05, 0) is 0 Å². The van der Waals surface area contributed by atoms with Gasteiger partial charge in [0.2, 0.25) is 0 Å². The minimum atomic E-state index is -2.42. The Kier molecular flexibility index (Phi) is 4.20. The maximum absolute atomic E-state index is 10.4. The molecule has 0 atom stereocenters. The summed E-state index contributed by atoms with van der Waals surface area (Å²) in [5.41, 5.74) is 0. The van der Waals surface area contributed by atoms with Crippen molar-refractivity contribution in [2.75, 3.05) is 7.11 Å². The van der Waals surface area contributed by atoms with Crippen LogP contribution >= 0.6 is 0 Å². The van der Waals surface area contributed by atoms with Crippen LogP contribution in [0.2, 0.25) is 0 Å². The summed E-state index contributed by atoms with van der Waals surface area (Å²) in [5, 5.41) is 17.5. The summed E-state index contributed by atoms with van der Waals surface area (Å²) in [7, 11) is 1.08. The Hall–Kier alpha value is -1.17.